The number of carbonyl (C=O) groups is 2. The molecule has 2 amide bonds. The summed E-state index contributed by atoms with van der Waals surface area (Å²) in [4.78, 5) is 23.4. The van der Waals surface area contributed by atoms with Gasteiger partial charge in [0.2, 0.25) is 0 Å². The number of urea groups is 1. The minimum Gasteiger partial charge on any atom is -0.492 e. The van der Waals surface area contributed by atoms with E-state index in [1.165, 1.54) is 6.20 Å². The Morgan fingerprint density at radius 2 is 2.09 bits per heavy atom. The second-order valence-corrected chi connectivity index (χ2v) is 4.16. The van der Waals surface area contributed by atoms with Gasteiger partial charge >= 0.3 is 12.0 Å². The van der Waals surface area contributed by atoms with E-state index in [9.17, 15) is 9.59 Å². The van der Waals surface area contributed by atoms with Crippen molar-refractivity contribution >= 4 is 23.5 Å². The van der Waals surface area contributed by atoms with E-state index in [1.807, 2.05) is 6.92 Å². The maximum Gasteiger partial charge on any atom is 0.327 e. The number of benzene rings is 1. The number of aliphatic carboxylic acids is 1. The average molecular weight is 305 g/mol. The van der Waals surface area contributed by atoms with Gasteiger partial charge in [0.25, 0.3) is 0 Å². The predicted molar refractivity (Wildman–Crippen MR) is 77.9 cm³/mol. The van der Waals surface area contributed by atoms with Crippen molar-refractivity contribution in [2.75, 3.05) is 17.2 Å². The van der Waals surface area contributed by atoms with Gasteiger partial charge in [0.1, 0.15) is 5.75 Å². The topological polar surface area (TPSA) is 118 Å². The summed E-state index contributed by atoms with van der Waals surface area (Å²) in [5, 5.41) is 21.2. The Bertz CT molecular complexity index is 670. The zero-order chi connectivity index (χ0) is 15.9. The smallest absolute Gasteiger partial charge is 0.327 e. The van der Waals surface area contributed by atoms with Gasteiger partial charge in [-0.3, -0.25) is 10.1 Å². The third kappa shape index (κ3) is 4.20. The van der Waals surface area contributed by atoms with Crippen LogP contribution in [0.4, 0.5) is 16.3 Å². The molecular formula is C13H15N5O4. The summed E-state index contributed by atoms with van der Waals surface area (Å²) in [6.45, 7) is 1.94. The van der Waals surface area contributed by atoms with E-state index in [0.717, 1.165) is 4.80 Å². The fourth-order valence-corrected chi connectivity index (χ4v) is 1.67. The van der Waals surface area contributed by atoms with Crippen molar-refractivity contribution < 1.29 is 19.4 Å². The molecule has 1 heterocycles. The van der Waals surface area contributed by atoms with Crippen molar-refractivity contribution in [2.45, 2.75) is 13.5 Å². The van der Waals surface area contributed by atoms with Crippen molar-refractivity contribution in [3.05, 3.63) is 30.5 Å². The number of nitrogens with one attached hydrogen (secondary N) is 2. The lowest BCUT2D eigenvalue weighted by atomic mass is 10.3. The van der Waals surface area contributed by atoms with Crippen LogP contribution < -0.4 is 15.4 Å². The van der Waals surface area contributed by atoms with Crippen LogP contribution in [0.1, 0.15) is 6.92 Å². The Balaban J connectivity index is 1.98. The first-order chi connectivity index (χ1) is 10.6. The summed E-state index contributed by atoms with van der Waals surface area (Å²) in [6.07, 6.45) is 1.26. The molecule has 9 heteroatoms. The van der Waals surface area contributed by atoms with Crippen molar-refractivity contribution in [3.63, 3.8) is 0 Å². The monoisotopic (exact) mass is 305 g/mol. The fraction of sp³-hybridized carbons (Fsp3) is 0.231. The molecular weight excluding hydrogens is 290 g/mol. The number of hydrogen-bond donors (Lipinski definition) is 3. The summed E-state index contributed by atoms with van der Waals surface area (Å²) in [6, 6.07) is 6.47. The molecule has 0 fully saturated rings. The molecule has 2 rings (SSSR count). The summed E-state index contributed by atoms with van der Waals surface area (Å²) in [5.41, 5.74) is 0.514. The molecule has 3 N–H and O–H groups in total. The molecule has 2 aromatic rings. The molecule has 0 aliphatic carbocycles. The molecule has 0 radical (unpaired) electrons. The van der Waals surface area contributed by atoms with Gasteiger partial charge in [-0.05, 0) is 19.1 Å². The number of anilines is 2. The first-order valence-corrected chi connectivity index (χ1v) is 6.50. The van der Waals surface area contributed by atoms with Crippen LogP contribution in [0.25, 0.3) is 0 Å². The van der Waals surface area contributed by atoms with Crippen molar-refractivity contribution in [1.82, 2.24) is 15.0 Å². The van der Waals surface area contributed by atoms with Crippen LogP contribution in [0.5, 0.6) is 5.75 Å². The molecule has 1 aromatic heterocycles. The van der Waals surface area contributed by atoms with E-state index in [1.54, 1.807) is 24.3 Å². The molecule has 0 aliphatic rings. The Morgan fingerprint density at radius 3 is 2.82 bits per heavy atom. The molecule has 0 unspecified atom stereocenters. The number of para-hydroxylation sites is 2. The van der Waals surface area contributed by atoms with E-state index in [-0.39, 0.29) is 12.4 Å². The van der Waals surface area contributed by atoms with E-state index >= 15 is 0 Å². The van der Waals surface area contributed by atoms with Gasteiger partial charge in [0.15, 0.2) is 12.4 Å². The second-order valence-electron chi connectivity index (χ2n) is 4.16. The summed E-state index contributed by atoms with van der Waals surface area (Å²) in [7, 11) is 0. The van der Waals surface area contributed by atoms with Crippen LogP contribution in [-0.4, -0.2) is 38.7 Å². The molecule has 116 valence electrons. The number of carbonyl (C=O) groups excluding carboxylic acids is 1. The highest BCUT2D eigenvalue weighted by atomic mass is 16.5. The maximum absolute atomic E-state index is 11.9. The predicted octanol–water partition coefficient (Wildman–Crippen LogP) is 1.41. The van der Waals surface area contributed by atoms with Crippen LogP contribution in [0, 0.1) is 0 Å². The van der Waals surface area contributed by atoms with Crippen molar-refractivity contribution in [1.29, 1.82) is 0 Å². The quantitative estimate of drug-likeness (QED) is 0.742. The first-order valence-electron chi connectivity index (χ1n) is 6.50. The summed E-state index contributed by atoms with van der Waals surface area (Å²) < 4.78 is 5.40. The average Bonchev–Trinajstić information content (AvgIpc) is 2.87. The molecule has 0 saturated carbocycles. The maximum atomic E-state index is 11.9. The summed E-state index contributed by atoms with van der Waals surface area (Å²) >= 11 is 0. The van der Waals surface area contributed by atoms with Gasteiger partial charge < -0.3 is 15.2 Å². The molecule has 0 spiro atoms. The van der Waals surface area contributed by atoms with Gasteiger partial charge in [-0.15, -0.1) is 5.10 Å². The number of amides is 2. The number of hydrogen-bond acceptors (Lipinski definition) is 5. The van der Waals surface area contributed by atoms with Gasteiger partial charge in [0.05, 0.1) is 18.5 Å². The Morgan fingerprint density at radius 1 is 1.32 bits per heavy atom. The molecule has 0 bridgehead atoms. The van der Waals surface area contributed by atoms with Crippen LogP contribution in [0.15, 0.2) is 30.5 Å². The highest BCUT2D eigenvalue weighted by Crippen LogP contribution is 2.23. The Kier molecular flexibility index (Phi) is 4.91. The molecule has 0 saturated heterocycles. The zero-order valence-corrected chi connectivity index (χ0v) is 11.8. The molecule has 1 aromatic carbocycles. The van der Waals surface area contributed by atoms with Gasteiger partial charge in [-0.25, -0.2) is 4.79 Å². The van der Waals surface area contributed by atoms with Crippen LogP contribution in [0.2, 0.25) is 0 Å². The van der Waals surface area contributed by atoms with Crippen molar-refractivity contribution in [2.24, 2.45) is 0 Å². The second kappa shape index (κ2) is 7.07. The third-order valence-electron chi connectivity index (χ3n) is 2.49. The number of ether oxygens (including phenoxy) is 1. The number of rotatable bonds is 6. The largest absolute Gasteiger partial charge is 0.492 e. The standard InChI is InChI=1S/C13H15N5O4/c1-2-22-10-6-4-3-5-9(10)15-13(21)16-11-7-14-18(17-11)8-12(19)20/h3-7H,2,8H2,1H3,(H,19,20)(H2,15,16,17,21). The lowest BCUT2D eigenvalue weighted by molar-refractivity contribution is -0.138. The highest BCUT2D eigenvalue weighted by Gasteiger charge is 2.10. The Labute approximate surface area is 125 Å². The van der Waals surface area contributed by atoms with Crippen LogP contribution >= 0.6 is 0 Å². The molecule has 0 atom stereocenters. The number of aromatic nitrogens is 3. The minimum absolute atomic E-state index is 0.146. The van der Waals surface area contributed by atoms with Crippen LogP contribution in [-0.2, 0) is 11.3 Å². The number of carboxylic acid groups (broad SMARTS) is 1. The number of carboxylic acids is 1. The Hall–Kier alpha value is -3.10. The molecule has 9 nitrogen and oxygen atoms in total. The van der Waals surface area contributed by atoms with E-state index in [0.29, 0.717) is 18.0 Å². The van der Waals surface area contributed by atoms with Crippen molar-refractivity contribution in [3.8, 4) is 5.75 Å². The van der Waals surface area contributed by atoms with Gasteiger partial charge in [-0.1, -0.05) is 12.1 Å². The van der Waals surface area contributed by atoms with Crippen LogP contribution in [0.3, 0.4) is 0 Å². The van der Waals surface area contributed by atoms with E-state index < -0.39 is 12.0 Å². The fourth-order valence-electron chi connectivity index (χ4n) is 1.67. The lowest BCUT2D eigenvalue weighted by Crippen LogP contribution is -2.20. The summed E-state index contributed by atoms with van der Waals surface area (Å²) in [5.74, 6) is -0.375. The van der Waals surface area contributed by atoms with Gasteiger partial charge in [0, 0.05) is 0 Å². The normalized spacial score (nSPS) is 10.0. The lowest BCUT2D eigenvalue weighted by Gasteiger charge is -2.11. The molecule has 22 heavy (non-hydrogen) atoms. The SMILES string of the molecule is CCOc1ccccc1NC(=O)Nc1cnn(CC(=O)O)n1. The van der Waals surface area contributed by atoms with Gasteiger partial charge in [-0.2, -0.15) is 9.90 Å². The first kappa shape index (κ1) is 15.3. The molecule has 0 aliphatic heterocycles. The highest BCUT2D eigenvalue weighted by molar-refractivity contribution is 5.99. The third-order valence-corrected chi connectivity index (χ3v) is 2.49. The van der Waals surface area contributed by atoms with E-state index in [4.69, 9.17) is 9.84 Å². The minimum atomic E-state index is -1.07. The van der Waals surface area contributed by atoms with E-state index in [2.05, 4.69) is 20.8 Å². The number of nitrogens with zero attached hydrogens (tertiary/aromatic N) is 3. The zero-order valence-electron chi connectivity index (χ0n) is 11.8.